The van der Waals surface area contributed by atoms with Gasteiger partial charge in [-0.25, -0.2) is 0 Å². The summed E-state index contributed by atoms with van der Waals surface area (Å²) in [6.45, 7) is 8.51. The second-order valence-electron chi connectivity index (χ2n) is 5.46. The molecule has 2 N–H and O–H groups in total. The van der Waals surface area contributed by atoms with E-state index in [2.05, 4.69) is 37.8 Å². The lowest BCUT2D eigenvalue weighted by molar-refractivity contribution is 0.373. The van der Waals surface area contributed by atoms with Crippen LogP contribution < -0.4 is 10.6 Å². The molecule has 0 amide bonds. The van der Waals surface area contributed by atoms with Gasteiger partial charge in [0, 0.05) is 22.8 Å². The Balaban J connectivity index is 2.38. The van der Waals surface area contributed by atoms with Crippen LogP contribution in [-0.4, -0.2) is 18.6 Å². The van der Waals surface area contributed by atoms with Gasteiger partial charge in [0.05, 0.1) is 0 Å². The summed E-state index contributed by atoms with van der Waals surface area (Å²) in [7, 11) is 0. The van der Waals surface area contributed by atoms with Crippen molar-refractivity contribution in [2.75, 3.05) is 18.0 Å². The maximum atomic E-state index is 6.11. The number of hydrogen-bond donors (Lipinski definition) is 1. The molecule has 0 radical (unpaired) electrons. The SMILES string of the molecule is Cc1ccc(Cl)cc1N1CCC(CN)C1(C)C. The van der Waals surface area contributed by atoms with Crippen molar-refractivity contribution in [2.24, 2.45) is 11.7 Å². The second-order valence-corrected chi connectivity index (χ2v) is 5.89. The number of rotatable bonds is 2. The molecule has 17 heavy (non-hydrogen) atoms. The molecule has 1 fully saturated rings. The van der Waals surface area contributed by atoms with Gasteiger partial charge in [0.1, 0.15) is 0 Å². The summed E-state index contributed by atoms with van der Waals surface area (Å²) in [5.74, 6) is 0.556. The van der Waals surface area contributed by atoms with Crippen LogP contribution in [0, 0.1) is 12.8 Å². The van der Waals surface area contributed by atoms with Crippen molar-refractivity contribution in [3.05, 3.63) is 28.8 Å². The molecule has 1 aromatic carbocycles. The molecule has 3 heteroatoms. The highest BCUT2D eigenvalue weighted by atomic mass is 35.5. The third-order valence-corrected chi connectivity index (χ3v) is 4.38. The summed E-state index contributed by atoms with van der Waals surface area (Å²) in [6.07, 6.45) is 1.16. The van der Waals surface area contributed by atoms with Crippen molar-refractivity contribution >= 4 is 17.3 Å². The normalized spacial score (nSPS) is 23.1. The predicted molar refractivity (Wildman–Crippen MR) is 74.8 cm³/mol. The molecule has 0 saturated carbocycles. The van der Waals surface area contributed by atoms with Crippen LogP contribution in [0.15, 0.2) is 18.2 Å². The molecule has 2 rings (SSSR count). The van der Waals surface area contributed by atoms with Gasteiger partial charge < -0.3 is 10.6 Å². The van der Waals surface area contributed by atoms with Crippen LogP contribution in [0.3, 0.4) is 0 Å². The molecule has 1 aromatic rings. The van der Waals surface area contributed by atoms with E-state index in [9.17, 15) is 0 Å². The minimum Gasteiger partial charge on any atom is -0.366 e. The maximum absolute atomic E-state index is 6.11. The fraction of sp³-hybridized carbons (Fsp3) is 0.571. The van der Waals surface area contributed by atoms with E-state index in [0.29, 0.717) is 5.92 Å². The number of aryl methyl sites for hydroxylation is 1. The molecule has 94 valence electrons. The van der Waals surface area contributed by atoms with Crippen LogP contribution in [0.4, 0.5) is 5.69 Å². The van der Waals surface area contributed by atoms with Crippen molar-refractivity contribution in [1.29, 1.82) is 0 Å². The topological polar surface area (TPSA) is 29.3 Å². The minimum atomic E-state index is 0.115. The van der Waals surface area contributed by atoms with Gasteiger partial charge in [-0.2, -0.15) is 0 Å². The molecule has 1 unspecified atom stereocenters. The lowest BCUT2D eigenvalue weighted by Crippen LogP contribution is -2.45. The van der Waals surface area contributed by atoms with Gasteiger partial charge in [-0.1, -0.05) is 17.7 Å². The molecular weight excluding hydrogens is 232 g/mol. The second kappa shape index (κ2) is 4.51. The number of halogens is 1. The van der Waals surface area contributed by atoms with Crippen molar-refractivity contribution < 1.29 is 0 Å². The van der Waals surface area contributed by atoms with E-state index in [1.165, 1.54) is 11.3 Å². The van der Waals surface area contributed by atoms with Crippen molar-refractivity contribution in [3.8, 4) is 0 Å². The zero-order valence-corrected chi connectivity index (χ0v) is 11.6. The lowest BCUT2D eigenvalue weighted by Gasteiger charge is -2.38. The first-order valence-corrected chi connectivity index (χ1v) is 6.58. The summed E-state index contributed by atoms with van der Waals surface area (Å²) in [5, 5.41) is 0.803. The van der Waals surface area contributed by atoms with E-state index >= 15 is 0 Å². The number of nitrogens with two attached hydrogens (primary N) is 1. The van der Waals surface area contributed by atoms with Crippen molar-refractivity contribution in [1.82, 2.24) is 0 Å². The van der Waals surface area contributed by atoms with E-state index in [1.54, 1.807) is 0 Å². The van der Waals surface area contributed by atoms with Crippen LogP contribution in [0.1, 0.15) is 25.8 Å². The van der Waals surface area contributed by atoms with Gasteiger partial charge in [0.15, 0.2) is 0 Å². The van der Waals surface area contributed by atoms with E-state index in [1.807, 2.05) is 6.07 Å². The Morgan fingerprint density at radius 3 is 2.76 bits per heavy atom. The molecular formula is C14H21ClN2. The summed E-state index contributed by atoms with van der Waals surface area (Å²) in [5.41, 5.74) is 8.51. The Hall–Kier alpha value is -0.730. The van der Waals surface area contributed by atoms with E-state index in [0.717, 1.165) is 24.5 Å². The number of anilines is 1. The van der Waals surface area contributed by atoms with Gasteiger partial charge >= 0.3 is 0 Å². The summed E-state index contributed by atoms with van der Waals surface area (Å²) in [4.78, 5) is 2.45. The third kappa shape index (κ3) is 2.16. The van der Waals surface area contributed by atoms with Crippen LogP contribution in [0.2, 0.25) is 5.02 Å². The molecule has 1 aliphatic heterocycles. The molecule has 1 aliphatic rings. The first-order chi connectivity index (χ1) is 7.96. The molecule has 1 heterocycles. The van der Waals surface area contributed by atoms with Crippen LogP contribution in [0.25, 0.3) is 0 Å². The highest BCUT2D eigenvalue weighted by Crippen LogP contribution is 2.39. The number of hydrogen-bond acceptors (Lipinski definition) is 2. The van der Waals surface area contributed by atoms with Gasteiger partial charge in [-0.05, 0) is 57.4 Å². The standard InChI is InChI=1S/C14H21ClN2/c1-10-4-5-12(15)8-13(10)17-7-6-11(9-16)14(17,2)3/h4-5,8,11H,6-7,9,16H2,1-3H3. The third-order valence-electron chi connectivity index (χ3n) is 4.14. The van der Waals surface area contributed by atoms with Crippen molar-refractivity contribution in [2.45, 2.75) is 32.7 Å². The maximum Gasteiger partial charge on any atom is 0.0426 e. The van der Waals surface area contributed by atoms with Gasteiger partial charge in [0.25, 0.3) is 0 Å². The molecule has 2 nitrogen and oxygen atoms in total. The highest BCUT2D eigenvalue weighted by molar-refractivity contribution is 6.30. The molecule has 0 spiro atoms. The average Bonchev–Trinajstić information content (AvgIpc) is 2.57. The monoisotopic (exact) mass is 252 g/mol. The Morgan fingerprint density at radius 2 is 2.18 bits per heavy atom. The van der Waals surface area contributed by atoms with E-state index < -0.39 is 0 Å². The average molecular weight is 253 g/mol. The fourth-order valence-corrected chi connectivity index (χ4v) is 3.02. The Labute approximate surface area is 109 Å². The summed E-state index contributed by atoms with van der Waals surface area (Å²) >= 11 is 6.11. The molecule has 0 bridgehead atoms. The van der Waals surface area contributed by atoms with E-state index in [4.69, 9.17) is 17.3 Å². The Bertz CT molecular complexity index is 415. The van der Waals surface area contributed by atoms with Gasteiger partial charge in [-0.3, -0.25) is 0 Å². The first-order valence-electron chi connectivity index (χ1n) is 6.20. The first kappa shape index (κ1) is 12.7. The predicted octanol–water partition coefficient (Wildman–Crippen LogP) is 3.21. The van der Waals surface area contributed by atoms with Gasteiger partial charge in [-0.15, -0.1) is 0 Å². The Kier molecular flexibility index (Phi) is 3.37. The molecule has 1 saturated heterocycles. The zero-order chi connectivity index (χ0) is 12.6. The van der Waals surface area contributed by atoms with Crippen LogP contribution in [-0.2, 0) is 0 Å². The van der Waals surface area contributed by atoms with Crippen LogP contribution in [0.5, 0.6) is 0 Å². The quantitative estimate of drug-likeness (QED) is 0.876. The highest BCUT2D eigenvalue weighted by Gasteiger charge is 2.40. The molecule has 0 aliphatic carbocycles. The number of nitrogens with zero attached hydrogens (tertiary/aromatic N) is 1. The summed E-state index contributed by atoms with van der Waals surface area (Å²) < 4.78 is 0. The lowest BCUT2D eigenvalue weighted by atomic mass is 9.88. The summed E-state index contributed by atoms with van der Waals surface area (Å²) in [6, 6.07) is 6.10. The van der Waals surface area contributed by atoms with Crippen molar-refractivity contribution in [3.63, 3.8) is 0 Å². The van der Waals surface area contributed by atoms with Gasteiger partial charge in [0.2, 0.25) is 0 Å². The molecule has 0 aromatic heterocycles. The molecule has 1 atom stereocenters. The fourth-order valence-electron chi connectivity index (χ4n) is 2.86. The largest absolute Gasteiger partial charge is 0.366 e. The smallest absolute Gasteiger partial charge is 0.0426 e. The zero-order valence-electron chi connectivity index (χ0n) is 10.8. The van der Waals surface area contributed by atoms with Crippen LogP contribution >= 0.6 is 11.6 Å². The Morgan fingerprint density at radius 1 is 1.47 bits per heavy atom. The minimum absolute atomic E-state index is 0.115. The van der Waals surface area contributed by atoms with E-state index in [-0.39, 0.29) is 5.54 Å². The number of benzene rings is 1.